The van der Waals surface area contributed by atoms with Crippen LogP contribution in [-0.4, -0.2) is 42.6 Å². The number of hydrogen-bond donors (Lipinski definition) is 3. The van der Waals surface area contributed by atoms with Gasteiger partial charge in [-0.2, -0.15) is 0 Å². The monoisotopic (exact) mass is 300 g/mol. The van der Waals surface area contributed by atoms with Crippen LogP contribution in [0.5, 0.6) is 0 Å². The highest BCUT2D eigenvalue weighted by Crippen LogP contribution is 2.38. The number of aliphatic carboxylic acids is 1. The van der Waals surface area contributed by atoms with E-state index in [2.05, 4.69) is 5.32 Å². The van der Waals surface area contributed by atoms with Gasteiger partial charge in [0.1, 0.15) is 6.61 Å². The fourth-order valence-electron chi connectivity index (χ4n) is 2.68. The zero-order valence-corrected chi connectivity index (χ0v) is 12.2. The molecule has 0 aliphatic heterocycles. The fraction of sp³-hybridized carbons (Fsp3) is 0.786. The number of carbonyl (C=O) groups excluding carboxylic acids is 2. The first-order valence-corrected chi connectivity index (χ1v) is 7.32. The topological polar surface area (TPSA) is 119 Å². The van der Waals surface area contributed by atoms with Gasteiger partial charge in [-0.3, -0.25) is 14.4 Å². The molecule has 0 radical (unpaired) electrons. The lowest BCUT2D eigenvalue weighted by Gasteiger charge is -2.27. The van der Waals surface area contributed by atoms with E-state index in [0.717, 1.165) is 25.7 Å². The highest BCUT2D eigenvalue weighted by molar-refractivity contribution is 5.85. The lowest BCUT2D eigenvalue weighted by Crippen LogP contribution is -2.38. The molecule has 1 saturated carbocycles. The van der Waals surface area contributed by atoms with E-state index in [9.17, 15) is 19.5 Å². The van der Waals surface area contributed by atoms with Gasteiger partial charge in [-0.15, -0.1) is 0 Å². The summed E-state index contributed by atoms with van der Waals surface area (Å²) in [5, 5.41) is 12.1. The Hall–Kier alpha value is -1.63. The summed E-state index contributed by atoms with van der Waals surface area (Å²) in [5.74, 6) is -1.74. The van der Waals surface area contributed by atoms with Crippen molar-refractivity contribution in [3.8, 4) is 0 Å². The van der Waals surface area contributed by atoms with Crippen molar-refractivity contribution in [3.05, 3.63) is 0 Å². The van der Waals surface area contributed by atoms with Gasteiger partial charge in [0.15, 0.2) is 0 Å². The number of nitrogens with one attached hydrogen (secondary N) is 1. The molecule has 7 heteroatoms. The molecular formula is C14H24N2O5. The standard InChI is InChI=1S/C14H24N2O5/c15-11(17)10-21-8-7-16-12(18)9-14(13(19)20)5-3-1-2-4-6-14/h1-10H2,(H2,15,17)(H,16,18)(H,19,20). The summed E-state index contributed by atoms with van der Waals surface area (Å²) in [7, 11) is 0. The van der Waals surface area contributed by atoms with E-state index in [1.807, 2.05) is 0 Å². The number of ether oxygens (including phenoxy) is 1. The molecule has 0 heterocycles. The third-order valence-electron chi connectivity index (χ3n) is 3.83. The van der Waals surface area contributed by atoms with E-state index in [1.54, 1.807) is 0 Å². The van der Waals surface area contributed by atoms with Crippen molar-refractivity contribution < 1.29 is 24.2 Å². The summed E-state index contributed by atoms with van der Waals surface area (Å²) in [5.41, 5.74) is 3.97. The second kappa shape index (κ2) is 8.61. The maximum Gasteiger partial charge on any atom is 0.310 e. The number of carboxylic acids is 1. The van der Waals surface area contributed by atoms with Gasteiger partial charge in [-0.25, -0.2) is 0 Å². The quantitative estimate of drug-likeness (QED) is 0.443. The number of amides is 2. The Balaban J connectivity index is 2.38. The molecule has 1 aliphatic carbocycles. The maximum atomic E-state index is 11.9. The van der Waals surface area contributed by atoms with Gasteiger partial charge in [-0.1, -0.05) is 25.7 Å². The molecule has 0 unspecified atom stereocenters. The Bertz CT molecular complexity index is 376. The lowest BCUT2D eigenvalue weighted by molar-refractivity contribution is -0.153. The van der Waals surface area contributed by atoms with Crippen molar-refractivity contribution in [2.45, 2.75) is 44.9 Å². The van der Waals surface area contributed by atoms with Gasteiger partial charge in [0.25, 0.3) is 0 Å². The minimum atomic E-state index is -0.936. The van der Waals surface area contributed by atoms with Crippen LogP contribution in [0.3, 0.4) is 0 Å². The van der Waals surface area contributed by atoms with E-state index in [4.69, 9.17) is 10.5 Å². The van der Waals surface area contributed by atoms with E-state index >= 15 is 0 Å². The number of hydrogen-bond acceptors (Lipinski definition) is 4. The molecular weight excluding hydrogens is 276 g/mol. The van der Waals surface area contributed by atoms with Crippen molar-refractivity contribution in [3.63, 3.8) is 0 Å². The summed E-state index contributed by atoms with van der Waals surface area (Å²) in [6, 6.07) is 0. The van der Waals surface area contributed by atoms with Crippen LogP contribution in [0.15, 0.2) is 0 Å². The third kappa shape index (κ3) is 6.12. The SMILES string of the molecule is NC(=O)COCCNC(=O)CC1(C(=O)O)CCCCCC1. The van der Waals surface area contributed by atoms with Crippen molar-refractivity contribution >= 4 is 17.8 Å². The first-order valence-electron chi connectivity index (χ1n) is 7.32. The Kier molecular flexibility index (Phi) is 7.14. The second-order valence-electron chi connectivity index (χ2n) is 5.55. The molecule has 1 rings (SSSR count). The van der Waals surface area contributed by atoms with E-state index in [-0.39, 0.29) is 32.1 Å². The number of carboxylic acid groups (broad SMARTS) is 1. The van der Waals surface area contributed by atoms with Crippen molar-refractivity contribution in [2.24, 2.45) is 11.1 Å². The number of primary amides is 1. The third-order valence-corrected chi connectivity index (χ3v) is 3.83. The van der Waals surface area contributed by atoms with Gasteiger partial charge in [0.2, 0.25) is 11.8 Å². The minimum absolute atomic E-state index is 0.00183. The summed E-state index contributed by atoms with van der Waals surface area (Å²) < 4.78 is 4.92. The van der Waals surface area contributed by atoms with E-state index in [1.165, 1.54) is 0 Å². The van der Waals surface area contributed by atoms with Crippen molar-refractivity contribution in [1.29, 1.82) is 0 Å². The molecule has 0 saturated heterocycles. The zero-order chi connectivity index (χ0) is 15.7. The first-order chi connectivity index (χ1) is 9.96. The Morgan fingerprint density at radius 2 is 1.76 bits per heavy atom. The van der Waals surface area contributed by atoms with Gasteiger partial charge in [0.05, 0.1) is 12.0 Å². The van der Waals surface area contributed by atoms with Gasteiger partial charge >= 0.3 is 5.97 Å². The van der Waals surface area contributed by atoms with Crippen LogP contribution in [-0.2, 0) is 19.1 Å². The van der Waals surface area contributed by atoms with Crippen LogP contribution in [0.4, 0.5) is 0 Å². The summed E-state index contributed by atoms with van der Waals surface area (Å²) in [6.07, 6.45) is 4.85. The zero-order valence-electron chi connectivity index (χ0n) is 12.2. The Morgan fingerprint density at radius 1 is 1.14 bits per heavy atom. The molecule has 0 aromatic heterocycles. The van der Waals surface area contributed by atoms with E-state index < -0.39 is 17.3 Å². The van der Waals surface area contributed by atoms with Crippen LogP contribution in [0.25, 0.3) is 0 Å². The fourth-order valence-corrected chi connectivity index (χ4v) is 2.68. The number of carbonyl (C=O) groups is 3. The first kappa shape index (κ1) is 17.4. The van der Waals surface area contributed by atoms with Gasteiger partial charge in [-0.05, 0) is 12.8 Å². The maximum absolute atomic E-state index is 11.9. The number of rotatable bonds is 8. The Morgan fingerprint density at radius 3 is 2.29 bits per heavy atom. The molecule has 1 aliphatic rings. The molecule has 0 aromatic rings. The second-order valence-corrected chi connectivity index (χ2v) is 5.55. The van der Waals surface area contributed by atoms with Gasteiger partial charge < -0.3 is 20.9 Å². The van der Waals surface area contributed by atoms with Crippen molar-refractivity contribution in [1.82, 2.24) is 5.32 Å². The minimum Gasteiger partial charge on any atom is -0.481 e. The number of nitrogens with two attached hydrogens (primary N) is 1. The average molecular weight is 300 g/mol. The molecule has 1 fully saturated rings. The van der Waals surface area contributed by atoms with E-state index in [0.29, 0.717) is 12.8 Å². The summed E-state index contributed by atoms with van der Waals surface area (Å²) in [4.78, 5) is 33.9. The van der Waals surface area contributed by atoms with Crippen LogP contribution in [0.2, 0.25) is 0 Å². The highest BCUT2D eigenvalue weighted by atomic mass is 16.5. The molecule has 4 N–H and O–H groups in total. The van der Waals surface area contributed by atoms with Gasteiger partial charge in [0, 0.05) is 13.0 Å². The predicted molar refractivity (Wildman–Crippen MR) is 75.4 cm³/mol. The van der Waals surface area contributed by atoms with Crippen molar-refractivity contribution in [2.75, 3.05) is 19.8 Å². The molecule has 0 spiro atoms. The summed E-state index contributed by atoms with van der Waals surface area (Å²) in [6.45, 7) is 0.228. The predicted octanol–water partition coefficient (Wildman–Crippen LogP) is 0.420. The molecule has 7 nitrogen and oxygen atoms in total. The lowest BCUT2D eigenvalue weighted by atomic mass is 9.77. The average Bonchev–Trinajstić information content (AvgIpc) is 2.64. The molecule has 0 atom stereocenters. The molecule has 2 amide bonds. The normalized spacial score (nSPS) is 17.7. The largest absolute Gasteiger partial charge is 0.481 e. The van der Waals surface area contributed by atoms with Crippen LogP contribution in [0.1, 0.15) is 44.9 Å². The molecule has 0 aromatic carbocycles. The Labute approximate surface area is 124 Å². The van der Waals surface area contributed by atoms with Crippen LogP contribution in [0, 0.1) is 5.41 Å². The molecule has 120 valence electrons. The summed E-state index contributed by atoms with van der Waals surface area (Å²) >= 11 is 0. The highest BCUT2D eigenvalue weighted by Gasteiger charge is 2.40. The molecule has 0 bridgehead atoms. The van der Waals surface area contributed by atoms with Crippen LogP contribution >= 0.6 is 0 Å². The van der Waals surface area contributed by atoms with Crippen LogP contribution < -0.4 is 11.1 Å². The molecule has 21 heavy (non-hydrogen) atoms. The smallest absolute Gasteiger partial charge is 0.310 e.